The van der Waals surface area contributed by atoms with Gasteiger partial charge < -0.3 is 0 Å². The molecule has 2 heterocycles. The van der Waals surface area contributed by atoms with Crippen LogP contribution < -0.4 is 4.31 Å². The Bertz CT molecular complexity index is 1110. The second-order valence-electron chi connectivity index (χ2n) is 7.21. The number of benzene rings is 2. The fraction of sp³-hybridized carbons (Fsp3) is 0.368. The van der Waals surface area contributed by atoms with Gasteiger partial charge in [-0.3, -0.25) is 4.31 Å². The van der Waals surface area contributed by atoms with Crippen molar-refractivity contribution >= 4 is 25.7 Å². The van der Waals surface area contributed by atoms with Crippen molar-refractivity contribution in [1.29, 1.82) is 0 Å². The molecule has 28 heavy (non-hydrogen) atoms. The topological polar surface area (TPSA) is 74.8 Å². The van der Waals surface area contributed by atoms with Crippen LogP contribution in [0.2, 0.25) is 0 Å². The summed E-state index contributed by atoms with van der Waals surface area (Å²) in [5.74, 6) is -0.509. The van der Waals surface area contributed by atoms with Crippen molar-refractivity contribution in [3.05, 3.63) is 53.8 Å². The van der Waals surface area contributed by atoms with Gasteiger partial charge >= 0.3 is 0 Å². The summed E-state index contributed by atoms with van der Waals surface area (Å²) >= 11 is 0. The minimum absolute atomic E-state index is 0.00219. The predicted molar refractivity (Wildman–Crippen MR) is 104 cm³/mol. The fourth-order valence-electron chi connectivity index (χ4n) is 3.90. The molecule has 9 heteroatoms. The van der Waals surface area contributed by atoms with Crippen molar-refractivity contribution in [1.82, 2.24) is 4.31 Å². The first-order valence-electron chi connectivity index (χ1n) is 9.14. The third-order valence-electron chi connectivity index (χ3n) is 5.28. The standard InChI is InChI=1S/C19H21FN2O4S2/c1-14-12-15-13-18(27(23,24)21-10-2-3-11-21)8-9-19(15)22(14)28(25,26)17-6-4-16(20)5-7-17/h4-9,13-14H,2-3,10-12H2,1H3/t14-/m0/s1. The van der Waals surface area contributed by atoms with Gasteiger partial charge in [0.2, 0.25) is 10.0 Å². The Morgan fingerprint density at radius 1 is 0.893 bits per heavy atom. The molecule has 0 aromatic heterocycles. The normalized spacial score (nSPS) is 20.5. The van der Waals surface area contributed by atoms with Gasteiger partial charge in [-0.05, 0) is 74.2 Å². The number of rotatable bonds is 4. The van der Waals surface area contributed by atoms with Crippen molar-refractivity contribution in [2.24, 2.45) is 0 Å². The van der Waals surface area contributed by atoms with E-state index in [1.807, 2.05) is 0 Å². The quantitative estimate of drug-likeness (QED) is 0.756. The number of anilines is 1. The molecule has 0 bridgehead atoms. The lowest BCUT2D eigenvalue weighted by Gasteiger charge is -2.24. The van der Waals surface area contributed by atoms with Crippen LogP contribution in [-0.2, 0) is 26.5 Å². The molecule has 0 N–H and O–H groups in total. The monoisotopic (exact) mass is 424 g/mol. The lowest BCUT2D eigenvalue weighted by atomic mass is 10.1. The van der Waals surface area contributed by atoms with Crippen LogP contribution in [0.15, 0.2) is 52.3 Å². The van der Waals surface area contributed by atoms with Gasteiger partial charge in [0.25, 0.3) is 10.0 Å². The molecule has 2 aromatic rings. The Kier molecular flexibility index (Phi) is 4.71. The molecule has 150 valence electrons. The van der Waals surface area contributed by atoms with Crippen molar-refractivity contribution in [3.8, 4) is 0 Å². The van der Waals surface area contributed by atoms with Gasteiger partial charge in [0.05, 0.1) is 15.5 Å². The van der Waals surface area contributed by atoms with E-state index in [1.54, 1.807) is 19.1 Å². The van der Waals surface area contributed by atoms with Crippen LogP contribution in [0.1, 0.15) is 25.3 Å². The van der Waals surface area contributed by atoms with Crippen molar-refractivity contribution in [2.45, 2.75) is 42.0 Å². The molecule has 0 unspecified atom stereocenters. The van der Waals surface area contributed by atoms with E-state index in [0.29, 0.717) is 30.8 Å². The number of hydrogen-bond donors (Lipinski definition) is 0. The Morgan fingerprint density at radius 3 is 2.14 bits per heavy atom. The average molecular weight is 425 g/mol. The minimum Gasteiger partial charge on any atom is -0.263 e. The van der Waals surface area contributed by atoms with E-state index in [0.717, 1.165) is 25.0 Å². The largest absolute Gasteiger partial charge is 0.264 e. The van der Waals surface area contributed by atoms with Crippen molar-refractivity contribution in [3.63, 3.8) is 0 Å². The maximum atomic E-state index is 13.2. The lowest BCUT2D eigenvalue weighted by Crippen LogP contribution is -2.35. The summed E-state index contributed by atoms with van der Waals surface area (Å²) in [4.78, 5) is 0.198. The first-order valence-corrected chi connectivity index (χ1v) is 12.0. The summed E-state index contributed by atoms with van der Waals surface area (Å²) < 4.78 is 67.7. The van der Waals surface area contributed by atoms with Crippen LogP contribution in [0.4, 0.5) is 10.1 Å². The lowest BCUT2D eigenvalue weighted by molar-refractivity contribution is 0.477. The number of fused-ring (bicyclic) bond motifs is 1. The number of sulfonamides is 2. The Hall–Kier alpha value is -1.97. The maximum Gasteiger partial charge on any atom is 0.264 e. The molecule has 1 fully saturated rings. The highest BCUT2D eigenvalue weighted by molar-refractivity contribution is 7.93. The highest BCUT2D eigenvalue weighted by Crippen LogP contribution is 2.38. The molecule has 4 rings (SSSR count). The first kappa shape index (κ1) is 19.4. The molecular weight excluding hydrogens is 403 g/mol. The van der Waals surface area contributed by atoms with Crippen molar-refractivity contribution < 1.29 is 21.2 Å². The van der Waals surface area contributed by atoms with Crippen molar-refractivity contribution in [2.75, 3.05) is 17.4 Å². The van der Waals surface area contributed by atoms with E-state index in [4.69, 9.17) is 0 Å². The van der Waals surface area contributed by atoms with Gasteiger partial charge in [-0.25, -0.2) is 21.2 Å². The third kappa shape index (κ3) is 3.11. The minimum atomic E-state index is -3.88. The van der Waals surface area contributed by atoms with E-state index < -0.39 is 25.9 Å². The molecule has 2 aliphatic heterocycles. The third-order valence-corrected chi connectivity index (χ3v) is 9.11. The molecule has 0 spiro atoms. The van der Waals surface area contributed by atoms with Gasteiger partial charge in [0.1, 0.15) is 5.82 Å². The van der Waals surface area contributed by atoms with Gasteiger partial charge in [-0.1, -0.05) is 0 Å². The molecule has 2 aromatic carbocycles. The smallest absolute Gasteiger partial charge is 0.263 e. The number of nitrogens with zero attached hydrogens (tertiary/aromatic N) is 2. The van der Waals surface area contributed by atoms with Crippen LogP contribution in [0.25, 0.3) is 0 Å². The van der Waals surface area contributed by atoms with E-state index in [9.17, 15) is 21.2 Å². The Balaban J connectivity index is 1.73. The van der Waals surface area contributed by atoms with Gasteiger partial charge in [0, 0.05) is 19.1 Å². The zero-order valence-electron chi connectivity index (χ0n) is 15.4. The Morgan fingerprint density at radius 2 is 1.50 bits per heavy atom. The molecule has 1 saturated heterocycles. The highest BCUT2D eigenvalue weighted by atomic mass is 32.2. The zero-order valence-corrected chi connectivity index (χ0v) is 17.0. The SMILES string of the molecule is C[C@H]1Cc2cc(S(=O)(=O)N3CCCC3)ccc2N1S(=O)(=O)c1ccc(F)cc1. The molecule has 0 amide bonds. The summed E-state index contributed by atoms with van der Waals surface area (Å²) in [5.41, 5.74) is 1.15. The predicted octanol–water partition coefficient (Wildman–Crippen LogP) is 2.75. The van der Waals surface area contributed by atoms with Crippen LogP contribution >= 0.6 is 0 Å². The molecular formula is C19H21FN2O4S2. The van der Waals surface area contributed by atoms with E-state index >= 15 is 0 Å². The van der Waals surface area contributed by atoms with Crippen LogP contribution in [0.3, 0.4) is 0 Å². The summed E-state index contributed by atoms with van der Waals surface area (Å²) in [5, 5.41) is 0. The second-order valence-corrected chi connectivity index (χ2v) is 11.0. The van der Waals surface area contributed by atoms with Crippen LogP contribution in [-0.4, -0.2) is 40.3 Å². The summed E-state index contributed by atoms with van der Waals surface area (Å²) in [6.07, 6.45) is 2.12. The highest BCUT2D eigenvalue weighted by Gasteiger charge is 2.37. The van der Waals surface area contributed by atoms with Gasteiger partial charge in [-0.15, -0.1) is 0 Å². The van der Waals surface area contributed by atoms with Gasteiger partial charge in [0.15, 0.2) is 0 Å². The van der Waals surface area contributed by atoms with E-state index in [1.165, 1.54) is 26.8 Å². The van der Waals surface area contributed by atoms with E-state index in [2.05, 4.69) is 0 Å². The summed E-state index contributed by atoms with van der Waals surface area (Å²) in [6, 6.07) is 8.94. The summed E-state index contributed by atoms with van der Waals surface area (Å²) in [6.45, 7) is 2.80. The maximum absolute atomic E-state index is 13.2. The molecule has 0 radical (unpaired) electrons. The number of hydrogen-bond acceptors (Lipinski definition) is 4. The fourth-order valence-corrected chi connectivity index (χ4v) is 7.16. The zero-order chi connectivity index (χ0) is 20.1. The van der Waals surface area contributed by atoms with Gasteiger partial charge in [-0.2, -0.15) is 4.31 Å². The summed E-state index contributed by atoms with van der Waals surface area (Å²) in [7, 11) is -7.44. The van der Waals surface area contributed by atoms with Crippen LogP contribution in [0.5, 0.6) is 0 Å². The van der Waals surface area contributed by atoms with Crippen LogP contribution in [0, 0.1) is 5.82 Å². The molecule has 6 nitrogen and oxygen atoms in total. The van der Waals surface area contributed by atoms with E-state index in [-0.39, 0.29) is 15.8 Å². The average Bonchev–Trinajstić information content (AvgIpc) is 3.29. The first-order chi connectivity index (χ1) is 13.2. The second kappa shape index (κ2) is 6.82. The molecule has 2 aliphatic rings. The number of halogens is 1. The molecule has 0 saturated carbocycles. The molecule has 1 atom stereocenters. The Labute approximate surface area is 164 Å². The molecule has 0 aliphatic carbocycles.